The van der Waals surface area contributed by atoms with Gasteiger partial charge in [0.1, 0.15) is 0 Å². The number of benzene rings is 2. The van der Waals surface area contributed by atoms with E-state index in [0.29, 0.717) is 11.4 Å². The summed E-state index contributed by atoms with van der Waals surface area (Å²) in [5.74, 6) is 0.191. The Morgan fingerprint density at radius 3 is 2.19 bits per heavy atom. The Morgan fingerprint density at radius 2 is 1.58 bits per heavy atom. The van der Waals surface area contributed by atoms with Crippen LogP contribution in [0.15, 0.2) is 48.5 Å². The lowest BCUT2D eigenvalue weighted by Crippen LogP contribution is -2.49. The predicted octanol–water partition coefficient (Wildman–Crippen LogP) is 4.53. The van der Waals surface area contributed by atoms with E-state index in [4.69, 9.17) is 11.6 Å². The molecule has 1 aliphatic rings. The van der Waals surface area contributed by atoms with E-state index in [1.165, 1.54) is 11.3 Å². The number of hydrogen-bond donors (Lipinski definition) is 0. The van der Waals surface area contributed by atoms with Crippen molar-refractivity contribution < 1.29 is 4.79 Å². The molecule has 1 fully saturated rings. The van der Waals surface area contributed by atoms with Crippen molar-refractivity contribution >= 4 is 23.2 Å². The van der Waals surface area contributed by atoms with Gasteiger partial charge in [-0.3, -0.25) is 4.79 Å². The van der Waals surface area contributed by atoms with E-state index in [1.54, 1.807) is 0 Å². The molecule has 4 heteroatoms. The van der Waals surface area contributed by atoms with E-state index in [9.17, 15) is 4.79 Å². The number of halogens is 1. The summed E-state index contributed by atoms with van der Waals surface area (Å²) >= 11 is 5.92. The minimum absolute atomic E-state index is 0.109. The molecular weight excluding hydrogens is 344 g/mol. The minimum Gasteiger partial charge on any atom is -0.368 e. The Labute approximate surface area is 161 Å². The standard InChI is InChI=1S/C22H27ClN2O/c1-22(2,3)19-6-4-5-7-20(19)24-12-14-25(15-13-24)21(26)16-17-8-10-18(23)11-9-17/h4-11H,12-16H2,1-3H3. The highest BCUT2D eigenvalue weighted by Gasteiger charge is 2.25. The number of anilines is 1. The van der Waals surface area contributed by atoms with Crippen LogP contribution in [0.2, 0.25) is 5.02 Å². The molecule has 26 heavy (non-hydrogen) atoms. The zero-order chi connectivity index (χ0) is 18.7. The number of amides is 1. The van der Waals surface area contributed by atoms with Gasteiger partial charge in [-0.1, -0.05) is 62.7 Å². The smallest absolute Gasteiger partial charge is 0.227 e. The zero-order valence-corrected chi connectivity index (χ0v) is 16.6. The second-order valence-corrected chi connectivity index (χ2v) is 8.37. The van der Waals surface area contributed by atoms with Gasteiger partial charge in [0.15, 0.2) is 0 Å². The highest BCUT2D eigenvalue weighted by Crippen LogP contribution is 2.32. The maximum atomic E-state index is 12.6. The second-order valence-electron chi connectivity index (χ2n) is 7.94. The average Bonchev–Trinajstić information content (AvgIpc) is 2.63. The first-order valence-corrected chi connectivity index (χ1v) is 9.59. The molecule has 0 aliphatic carbocycles. The van der Waals surface area contributed by atoms with Crippen molar-refractivity contribution in [1.82, 2.24) is 4.90 Å². The lowest BCUT2D eigenvalue weighted by molar-refractivity contribution is -0.130. The summed E-state index contributed by atoms with van der Waals surface area (Å²) in [5, 5.41) is 0.701. The first-order chi connectivity index (χ1) is 12.3. The summed E-state index contributed by atoms with van der Waals surface area (Å²) in [5.41, 5.74) is 3.78. The first-order valence-electron chi connectivity index (χ1n) is 9.21. The fourth-order valence-electron chi connectivity index (χ4n) is 3.47. The Bertz CT molecular complexity index is 756. The molecule has 3 nitrogen and oxygen atoms in total. The molecule has 2 aromatic rings. The molecule has 1 amide bonds. The van der Waals surface area contributed by atoms with E-state index in [2.05, 4.69) is 49.9 Å². The molecule has 1 aliphatic heterocycles. The van der Waals surface area contributed by atoms with E-state index < -0.39 is 0 Å². The monoisotopic (exact) mass is 370 g/mol. The van der Waals surface area contributed by atoms with Crippen LogP contribution in [0.5, 0.6) is 0 Å². The number of para-hydroxylation sites is 1. The van der Waals surface area contributed by atoms with Gasteiger partial charge in [0, 0.05) is 36.9 Å². The minimum atomic E-state index is 0.109. The maximum Gasteiger partial charge on any atom is 0.227 e. The average molecular weight is 371 g/mol. The number of hydrogen-bond acceptors (Lipinski definition) is 2. The summed E-state index contributed by atoms with van der Waals surface area (Å²) in [4.78, 5) is 17.0. The molecular formula is C22H27ClN2O. The van der Waals surface area contributed by atoms with Crippen molar-refractivity contribution in [1.29, 1.82) is 0 Å². The molecule has 0 aromatic heterocycles. The summed E-state index contributed by atoms with van der Waals surface area (Å²) in [6, 6.07) is 16.2. The van der Waals surface area contributed by atoms with Crippen molar-refractivity contribution in [2.45, 2.75) is 32.6 Å². The molecule has 0 radical (unpaired) electrons. The topological polar surface area (TPSA) is 23.6 Å². The third kappa shape index (κ3) is 4.39. The molecule has 0 spiro atoms. The van der Waals surface area contributed by atoms with Crippen molar-refractivity contribution in [3.63, 3.8) is 0 Å². The van der Waals surface area contributed by atoms with Gasteiger partial charge in [-0.25, -0.2) is 0 Å². The Balaban J connectivity index is 1.63. The highest BCUT2D eigenvalue weighted by atomic mass is 35.5. The van der Waals surface area contributed by atoms with Crippen LogP contribution in [0, 0.1) is 0 Å². The number of carbonyl (C=O) groups is 1. The van der Waals surface area contributed by atoms with Crippen LogP contribution in [0.4, 0.5) is 5.69 Å². The second kappa shape index (κ2) is 7.71. The summed E-state index contributed by atoms with van der Waals surface area (Å²) in [6.07, 6.45) is 0.440. The van der Waals surface area contributed by atoms with E-state index in [1.807, 2.05) is 29.2 Å². The Morgan fingerprint density at radius 1 is 0.962 bits per heavy atom. The summed E-state index contributed by atoms with van der Waals surface area (Å²) in [6.45, 7) is 10.0. The highest BCUT2D eigenvalue weighted by molar-refractivity contribution is 6.30. The van der Waals surface area contributed by atoms with Gasteiger partial charge in [0.2, 0.25) is 5.91 Å². The maximum absolute atomic E-state index is 12.6. The van der Waals surface area contributed by atoms with E-state index >= 15 is 0 Å². The van der Waals surface area contributed by atoms with Crippen LogP contribution < -0.4 is 4.90 Å². The van der Waals surface area contributed by atoms with E-state index in [0.717, 1.165) is 31.7 Å². The van der Waals surface area contributed by atoms with E-state index in [-0.39, 0.29) is 11.3 Å². The van der Waals surface area contributed by atoms with Gasteiger partial charge in [0.25, 0.3) is 0 Å². The van der Waals surface area contributed by atoms with Crippen molar-refractivity contribution in [3.8, 4) is 0 Å². The van der Waals surface area contributed by atoms with Gasteiger partial charge < -0.3 is 9.80 Å². The summed E-state index contributed by atoms with van der Waals surface area (Å²) in [7, 11) is 0. The molecule has 0 N–H and O–H groups in total. The molecule has 0 saturated carbocycles. The third-order valence-electron chi connectivity index (χ3n) is 4.95. The molecule has 2 aromatic carbocycles. The largest absolute Gasteiger partial charge is 0.368 e. The Hall–Kier alpha value is -2.00. The SMILES string of the molecule is CC(C)(C)c1ccccc1N1CCN(C(=O)Cc2ccc(Cl)cc2)CC1. The van der Waals surface area contributed by atoms with Crippen molar-refractivity contribution in [2.24, 2.45) is 0 Å². The number of rotatable bonds is 3. The van der Waals surface area contributed by atoms with Crippen LogP contribution in [0.1, 0.15) is 31.9 Å². The van der Waals surface area contributed by atoms with Gasteiger partial charge >= 0.3 is 0 Å². The van der Waals surface area contributed by atoms with Crippen LogP contribution in [0.25, 0.3) is 0 Å². The summed E-state index contributed by atoms with van der Waals surface area (Å²) < 4.78 is 0. The molecule has 3 rings (SSSR count). The number of nitrogens with zero attached hydrogens (tertiary/aromatic N) is 2. The fourth-order valence-corrected chi connectivity index (χ4v) is 3.60. The Kier molecular flexibility index (Phi) is 5.57. The van der Waals surface area contributed by atoms with Gasteiger partial charge in [-0.15, -0.1) is 0 Å². The van der Waals surface area contributed by atoms with Crippen LogP contribution in [-0.4, -0.2) is 37.0 Å². The van der Waals surface area contributed by atoms with Crippen LogP contribution in [-0.2, 0) is 16.6 Å². The third-order valence-corrected chi connectivity index (χ3v) is 5.21. The molecule has 138 valence electrons. The van der Waals surface area contributed by atoms with Gasteiger partial charge in [-0.2, -0.15) is 0 Å². The fraction of sp³-hybridized carbons (Fsp3) is 0.409. The lowest BCUT2D eigenvalue weighted by Gasteiger charge is -2.38. The number of piperazine rings is 1. The molecule has 1 saturated heterocycles. The van der Waals surface area contributed by atoms with Gasteiger partial charge in [-0.05, 0) is 34.7 Å². The van der Waals surface area contributed by atoms with Crippen LogP contribution in [0.3, 0.4) is 0 Å². The molecule has 0 atom stereocenters. The quantitative estimate of drug-likeness (QED) is 0.792. The molecule has 1 heterocycles. The number of carbonyl (C=O) groups excluding carboxylic acids is 1. The van der Waals surface area contributed by atoms with Crippen molar-refractivity contribution in [2.75, 3.05) is 31.1 Å². The molecule has 0 unspecified atom stereocenters. The van der Waals surface area contributed by atoms with Gasteiger partial charge in [0.05, 0.1) is 6.42 Å². The molecule has 0 bridgehead atoms. The van der Waals surface area contributed by atoms with Crippen molar-refractivity contribution in [3.05, 3.63) is 64.7 Å². The normalized spacial score (nSPS) is 15.2. The van der Waals surface area contributed by atoms with Crippen LogP contribution >= 0.6 is 11.6 Å². The zero-order valence-electron chi connectivity index (χ0n) is 15.8. The first kappa shape index (κ1) is 18.8. The lowest BCUT2D eigenvalue weighted by atomic mass is 9.85. The predicted molar refractivity (Wildman–Crippen MR) is 109 cm³/mol.